The van der Waals surface area contributed by atoms with Gasteiger partial charge in [-0.25, -0.2) is 9.97 Å². The fourth-order valence-electron chi connectivity index (χ4n) is 3.65. The SMILES string of the molecule is CNc1nc(-c2cccnc2)nc2ccc(-c3ccc(OCCn4cccc4)cc3)cc12. The van der Waals surface area contributed by atoms with Gasteiger partial charge in [-0.3, -0.25) is 4.98 Å². The molecule has 158 valence electrons. The third kappa shape index (κ3) is 4.16. The first-order valence-corrected chi connectivity index (χ1v) is 10.5. The normalized spacial score (nSPS) is 10.9. The van der Waals surface area contributed by atoms with E-state index in [0.29, 0.717) is 12.4 Å². The van der Waals surface area contributed by atoms with Crippen LogP contribution in [-0.2, 0) is 6.54 Å². The van der Waals surface area contributed by atoms with E-state index >= 15 is 0 Å². The highest BCUT2D eigenvalue weighted by molar-refractivity contribution is 5.93. The molecule has 0 aliphatic heterocycles. The van der Waals surface area contributed by atoms with Gasteiger partial charge in [0.25, 0.3) is 0 Å². The number of nitrogens with zero attached hydrogens (tertiary/aromatic N) is 4. The molecule has 0 radical (unpaired) electrons. The molecule has 0 aliphatic rings. The van der Waals surface area contributed by atoms with Crippen LogP contribution in [0.25, 0.3) is 33.4 Å². The number of rotatable bonds is 7. The minimum absolute atomic E-state index is 0.631. The van der Waals surface area contributed by atoms with Crippen LogP contribution in [0.3, 0.4) is 0 Å². The maximum Gasteiger partial charge on any atom is 0.163 e. The van der Waals surface area contributed by atoms with Crippen LogP contribution in [0.2, 0.25) is 0 Å². The summed E-state index contributed by atoms with van der Waals surface area (Å²) in [5, 5.41) is 4.19. The molecule has 0 atom stereocenters. The Labute approximate surface area is 186 Å². The van der Waals surface area contributed by atoms with Crippen molar-refractivity contribution in [3.63, 3.8) is 0 Å². The zero-order valence-electron chi connectivity index (χ0n) is 17.8. The number of aromatic nitrogens is 4. The van der Waals surface area contributed by atoms with E-state index in [4.69, 9.17) is 14.7 Å². The van der Waals surface area contributed by atoms with Crippen LogP contribution < -0.4 is 10.1 Å². The number of benzene rings is 2. The smallest absolute Gasteiger partial charge is 0.163 e. The van der Waals surface area contributed by atoms with Crippen molar-refractivity contribution in [2.75, 3.05) is 19.0 Å². The molecular formula is C26H23N5O. The molecule has 1 N–H and O–H groups in total. The van der Waals surface area contributed by atoms with Crippen LogP contribution >= 0.6 is 0 Å². The summed E-state index contributed by atoms with van der Waals surface area (Å²) in [5.41, 5.74) is 3.99. The Kier molecular flexibility index (Phi) is 5.49. The standard InChI is InChI=1S/C26H23N5O/c1-27-26-23-17-20(8-11-24(23)29-25(30-26)21-5-4-12-28-18-21)19-6-9-22(10-7-19)32-16-15-31-13-2-3-14-31/h2-14,17-18H,15-16H2,1H3,(H,27,29,30). The molecule has 0 bridgehead atoms. The summed E-state index contributed by atoms with van der Waals surface area (Å²) in [6.45, 7) is 1.46. The first-order valence-electron chi connectivity index (χ1n) is 10.5. The largest absolute Gasteiger partial charge is 0.492 e. The van der Waals surface area contributed by atoms with Gasteiger partial charge in [-0.15, -0.1) is 0 Å². The van der Waals surface area contributed by atoms with E-state index in [-0.39, 0.29) is 0 Å². The highest BCUT2D eigenvalue weighted by Gasteiger charge is 2.10. The molecule has 3 heterocycles. The van der Waals surface area contributed by atoms with Gasteiger partial charge in [0.05, 0.1) is 12.1 Å². The number of ether oxygens (including phenoxy) is 1. The van der Waals surface area contributed by atoms with Gasteiger partial charge in [-0.2, -0.15) is 0 Å². The summed E-state index contributed by atoms with van der Waals surface area (Å²) in [4.78, 5) is 13.6. The van der Waals surface area contributed by atoms with Crippen LogP contribution in [0, 0.1) is 0 Å². The van der Waals surface area contributed by atoms with E-state index in [1.807, 2.05) is 61.9 Å². The number of hydrogen-bond donors (Lipinski definition) is 1. The lowest BCUT2D eigenvalue weighted by Gasteiger charge is -2.11. The van der Waals surface area contributed by atoms with Crippen LogP contribution in [-0.4, -0.2) is 33.2 Å². The Morgan fingerprint density at radius 2 is 1.69 bits per heavy atom. The van der Waals surface area contributed by atoms with E-state index in [1.165, 1.54) is 0 Å². The molecule has 0 saturated heterocycles. The first kappa shape index (κ1) is 19.8. The number of nitrogens with one attached hydrogen (secondary N) is 1. The zero-order valence-corrected chi connectivity index (χ0v) is 17.8. The highest BCUT2D eigenvalue weighted by atomic mass is 16.5. The average Bonchev–Trinajstić information content (AvgIpc) is 3.37. The lowest BCUT2D eigenvalue weighted by Crippen LogP contribution is -2.06. The molecule has 0 aliphatic carbocycles. The Balaban J connectivity index is 1.38. The van der Waals surface area contributed by atoms with Gasteiger partial charge in [0, 0.05) is 42.8 Å². The second kappa shape index (κ2) is 8.89. The van der Waals surface area contributed by atoms with E-state index in [2.05, 4.69) is 39.1 Å². The summed E-state index contributed by atoms with van der Waals surface area (Å²) >= 11 is 0. The topological polar surface area (TPSA) is 64.9 Å². The number of fused-ring (bicyclic) bond motifs is 1. The number of hydrogen-bond acceptors (Lipinski definition) is 5. The number of anilines is 1. The fourth-order valence-corrected chi connectivity index (χ4v) is 3.65. The summed E-state index contributed by atoms with van der Waals surface area (Å²) in [6, 6.07) is 22.3. The second-order valence-corrected chi connectivity index (χ2v) is 7.41. The molecule has 2 aromatic carbocycles. The van der Waals surface area contributed by atoms with E-state index in [0.717, 1.165) is 45.7 Å². The van der Waals surface area contributed by atoms with Gasteiger partial charge in [0.1, 0.15) is 18.2 Å². The van der Waals surface area contributed by atoms with Crippen molar-refractivity contribution >= 4 is 16.7 Å². The van der Waals surface area contributed by atoms with Crippen LogP contribution in [0.4, 0.5) is 5.82 Å². The second-order valence-electron chi connectivity index (χ2n) is 7.41. The van der Waals surface area contributed by atoms with Crippen LogP contribution in [0.5, 0.6) is 5.75 Å². The van der Waals surface area contributed by atoms with Crippen molar-refractivity contribution in [3.8, 4) is 28.3 Å². The lowest BCUT2D eigenvalue weighted by molar-refractivity contribution is 0.298. The Hall–Kier alpha value is -4.19. The summed E-state index contributed by atoms with van der Waals surface area (Å²) < 4.78 is 7.98. The highest BCUT2D eigenvalue weighted by Crippen LogP contribution is 2.30. The van der Waals surface area contributed by atoms with E-state index < -0.39 is 0 Å². The van der Waals surface area contributed by atoms with Gasteiger partial charge < -0.3 is 14.6 Å². The van der Waals surface area contributed by atoms with E-state index in [9.17, 15) is 0 Å². The predicted molar refractivity (Wildman–Crippen MR) is 128 cm³/mol. The van der Waals surface area contributed by atoms with Crippen molar-refractivity contribution in [1.82, 2.24) is 19.5 Å². The Morgan fingerprint density at radius 1 is 0.875 bits per heavy atom. The third-order valence-corrected chi connectivity index (χ3v) is 5.32. The maximum absolute atomic E-state index is 5.88. The molecule has 0 fully saturated rings. The van der Waals surface area contributed by atoms with Gasteiger partial charge >= 0.3 is 0 Å². The molecule has 0 unspecified atom stereocenters. The van der Waals surface area contributed by atoms with Gasteiger partial charge in [-0.1, -0.05) is 18.2 Å². The van der Waals surface area contributed by atoms with Gasteiger partial charge in [-0.05, 0) is 59.7 Å². The van der Waals surface area contributed by atoms with E-state index in [1.54, 1.807) is 12.4 Å². The number of pyridine rings is 1. The van der Waals surface area contributed by atoms with Crippen molar-refractivity contribution in [2.24, 2.45) is 0 Å². The summed E-state index contributed by atoms with van der Waals surface area (Å²) in [5.74, 6) is 2.31. The summed E-state index contributed by atoms with van der Waals surface area (Å²) in [6.07, 6.45) is 7.59. The van der Waals surface area contributed by atoms with Crippen molar-refractivity contribution in [1.29, 1.82) is 0 Å². The Morgan fingerprint density at radius 3 is 2.44 bits per heavy atom. The Bertz CT molecular complexity index is 1320. The minimum atomic E-state index is 0.631. The molecule has 5 aromatic rings. The lowest BCUT2D eigenvalue weighted by atomic mass is 10.0. The minimum Gasteiger partial charge on any atom is -0.492 e. The molecule has 0 spiro atoms. The first-order chi connectivity index (χ1) is 15.8. The van der Waals surface area contributed by atoms with Gasteiger partial charge in [0.2, 0.25) is 0 Å². The fraction of sp³-hybridized carbons (Fsp3) is 0.115. The van der Waals surface area contributed by atoms with Crippen molar-refractivity contribution in [2.45, 2.75) is 6.54 Å². The molecule has 3 aromatic heterocycles. The zero-order chi connectivity index (χ0) is 21.8. The van der Waals surface area contributed by atoms with Crippen molar-refractivity contribution in [3.05, 3.63) is 91.5 Å². The molecule has 0 saturated carbocycles. The third-order valence-electron chi connectivity index (χ3n) is 5.32. The molecule has 5 rings (SSSR count). The predicted octanol–water partition coefficient (Wildman–Crippen LogP) is 5.28. The monoisotopic (exact) mass is 421 g/mol. The van der Waals surface area contributed by atoms with Crippen molar-refractivity contribution < 1.29 is 4.74 Å². The molecular weight excluding hydrogens is 398 g/mol. The van der Waals surface area contributed by atoms with Gasteiger partial charge in [0.15, 0.2) is 5.82 Å². The molecule has 6 nitrogen and oxygen atoms in total. The summed E-state index contributed by atoms with van der Waals surface area (Å²) in [7, 11) is 1.88. The molecule has 0 amide bonds. The average molecular weight is 422 g/mol. The quantitative estimate of drug-likeness (QED) is 0.387. The van der Waals surface area contributed by atoms with Crippen LogP contribution in [0.15, 0.2) is 91.5 Å². The molecule has 32 heavy (non-hydrogen) atoms. The maximum atomic E-state index is 5.88. The van der Waals surface area contributed by atoms with Crippen LogP contribution in [0.1, 0.15) is 0 Å². The molecule has 6 heteroatoms.